The molecule has 0 radical (unpaired) electrons. The fraction of sp³-hybridized carbons (Fsp3) is 0.440. The molecule has 6 heteroatoms. The molecule has 1 aliphatic carbocycles. The molecule has 1 heterocycles. The second-order valence-electron chi connectivity index (χ2n) is 9.05. The molecular weight excluding hydrogens is 388 g/mol. The molecule has 0 bridgehead atoms. The molecule has 3 amide bonds. The van der Waals surface area contributed by atoms with Crippen LogP contribution in [0.3, 0.4) is 0 Å². The van der Waals surface area contributed by atoms with Crippen molar-refractivity contribution in [1.82, 2.24) is 5.32 Å². The van der Waals surface area contributed by atoms with Crippen LogP contribution in [0.25, 0.3) is 0 Å². The standard InChI is InChI=1S/C25H32N4O2/c1-16-10-12-29(13-11-16)23-9-7-20(15-21(23)24(30)26-19-5-6-19)27-25(31)28-22-8-4-17(2)14-18(22)3/h4,7-9,14-16,19H,5-6,10-13H2,1-3H3,(H,26,30)(H2,27,28,31). The fourth-order valence-corrected chi connectivity index (χ4v) is 4.05. The van der Waals surface area contributed by atoms with Gasteiger partial charge in [0.15, 0.2) is 0 Å². The maximum atomic E-state index is 13.0. The average molecular weight is 421 g/mol. The van der Waals surface area contributed by atoms with Crippen molar-refractivity contribution in [3.63, 3.8) is 0 Å². The Labute approximate surface area is 184 Å². The number of carbonyl (C=O) groups is 2. The van der Waals surface area contributed by atoms with Crippen molar-refractivity contribution in [3.05, 3.63) is 53.1 Å². The highest BCUT2D eigenvalue weighted by Crippen LogP contribution is 2.30. The zero-order chi connectivity index (χ0) is 22.0. The largest absolute Gasteiger partial charge is 0.371 e. The highest BCUT2D eigenvalue weighted by molar-refractivity contribution is 6.04. The minimum Gasteiger partial charge on any atom is -0.371 e. The highest BCUT2D eigenvalue weighted by atomic mass is 16.2. The van der Waals surface area contributed by atoms with Gasteiger partial charge in [0.25, 0.3) is 5.91 Å². The number of nitrogens with zero attached hydrogens (tertiary/aromatic N) is 1. The SMILES string of the molecule is Cc1ccc(NC(=O)Nc2ccc(N3CCC(C)CC3)c(C(=O)NC3CC3)c2)c(C)c1. The van der Waals surface area contributed by atoms with Crippen molar-refractivity contribution in [3.8, 4) is 0 Å². The first-order valence-electron chi connectivity index (χ1n) is 11.2. The molecule has 1 saturated carbocycles. The molecule has 0 unspecified atom stereocenters. The molecule has 0 spiro atoms. The van der Waals surface area contributed by atoms with Gasteiger partial charge in [-0.2, -0.15) is 0 Å². The third kappa shape index (κ3) is 5.37. The minimum absolute atomic E-state index is 0.0606. The molecular formula is C25H32N4O2. The predicted molar refractivity (Wildman–Crippen MR) is 126 cm³/mol. The normalized spacial score (nSPS) is 16.7. The molecule has 1 aliphatic heterocycles. The zero-order valence-electron chi connectivity index (χ0n) is 18.6. The van der Waals surface area contributed by atoms with E-state index in [1.807, 2.05) is 44.2 Å². The van der Waals surface area contributed by atoms with Gasteiger partial charge in [0.1, 0.15) is 0 Å². The van der Waals surface area contributed by atoms with Crippen molar-refractivity contribution >= 4 is 29.0 Å². The van der Waals surface area contributed by atoms with Crippen LogP contribution in [0.5, 0.6) is 0 Å². The number of nitrogens with one attached hydrogen (secondary N) is 3. The summed E-state index contributed by atoms with van der Waals surface area (Å²) in [6, 6.07) is 11.5. The lowest BCUT2D eigenvalue weighted by molar-refractivity contribution is 0.0951. The van der Waals surface area contributed by atoms with Crippen LogP contribution >= 0.6 is 0 Å². The molecule has 6 nitrogen and oxygen atoms in total. The Kier molecular flexibility index (Phi) is 6.16. The van der Waals surface area contributed by atoms with E-state index in [0.717, 1.165) is 67.2 Å². The van der Waals surface area contributed by atoms with Gasteiger partial charge in [0.2, 0.25) is 0 Å². The first kappa shape index (κ1) is 21.2. The lowest BCUT2D eigenvalue weighted by Crippen LogP contribution is -2.35. The van der Waals surface area contributed by atoms with Crippen molar-refractivity contribution in [1.29, 1.82) is 0 Å². The van der Waals surface area contributed by atoms with Crippen LogP contribution in [0.4, 0.5) is 21.9 Å². The first-order chi connectivity index (χ1) is 14.9. The smallest absolute Gasteiger partial charge is 0.323 e. The molecule has 2 aliphatic rings. The summed E-state index contributed by atoms with van der Waals surface area (Å²) in [7, 11) is 0. The summed E-state index contributed by atoms with van der Waals surface area (Å²) < 4.78 is 0. The van der Waals surface area contributed by atoms with E-state index < -0.39 is 0 Å². The summed E-state index contributed by atoms with van der Waals surface area (Å²) in [6.07, 6.45) is 4.33. The lowest BCUT2D eigenvalue weighted by atomic mass is 9.98. The van der Waals surface area contributed by atoms with E-state index in [2.05, 4.69) is 27.8 Å². The third-order valence-electron chi connectivity index (χ3n) is 6.17. The van der Waals surface area contributed by atoms with E-state index in [1.165, 1.54) is 0 Å². The van der Waals surface area contributed by atoms with Crippen LogP contribution in [-0.2, 0) is 0 Å². The Morgan fingerprint density at radius 3 is 2.35 bits per heavy atom. The summed E-state index contributed by atoms with van der Waals surface area (Å²) in [6.45, 7) is 8.17. The number of carbonyl (C=O) groups excluding carboxylic acids is 2. The number of amides is 3. The van der Waals surface area contributed by atoms with Gasteiger partial charge in [0, 0.05) is 36.2 Å². The molecule has 2 aromatic carbocycles. The number of hydrogen-bond acceptors (Lipinski definition) is 3. The Bertz CT molecular complexity index is 975. The number of anilines is 3. The zero-order valence-corrected chi connectivity index (χ0v) is 18.6. The number of benzene rings is 2. The van der Waals surface area contributed by atoms with Crippen LogP contribution in [0.15, 0.2) is 36.4 Å². The monoisotopic (exact) mass is 420 g/mol. The van der Waals surface area contributed by atoms with Crippen molar-refractivity contribution < 1.29 is 9.59 Å². The Hall–Kier alpha value is -3.02. The van der Waals surface area contributed by atoms with Gasteiger partial charge < -0.3 is 20.9 Å². The number of rotatable bonds is 5. The van der Waals surface area contributed by atoms with Crippen LogP contribution in [0.1, 0.15) is 54.1 Å². The van der Waals surface area contributed by atoms with Crippen molar-refractivity contribution in [2.24, 2.45) is 5.92 Å². The third-order valence-corrected chi connectivity index (χ3v) is 6.17. The summed E-state index contributed by atoms with van der Waals surface area (Å²) >= 11 is 0. The molecule has 31 heavy (non-hydrogen) atoms. The Morgan fingerprint density at radius 1 is 0.935 bits per heavy atom. The van der Waals surface area contributed by atoms with Gasteiger partial charge in [-0.05, 0) is 75.3 Å². The molecule has 2 aromatic rings. The van der Waals surface area contributed by atoms with Crippen LogP contribution in [-0.4, -0.2) is 31.1 Å². The minimum atomic E-state index is -0.319. The van der Waals surface area contributed by atoms with Gasteiger partial charge in [-0.25, -0.2) is 4.79 Å². The van der Waals surface area contributed by atoms with E-state index in [-0.39, 0.29) is 18.0 Å². The van der Waals surface area contributed by atoms with Gasteiger partial charge >= 0.3 is 6.03 Å². The van der Waals surface area contributed by atoms with Gasteiger partial charge in [-0.15, -0.1) is 0 Å². The molecule has 0 atom stereocenters. The van der Waals surface area contributed by atoms with E-state index in [4.69, 9.17) is 0 Å². The van der Waals surface area contributed by atoms with E-state index in [1.54, 1.807) is 6.07 Å². The first-order valence-corrected chi connectivity index (χ1v) is 11.2. The Morgan fingerprint density at radius 2 is 1.68 bits per heavy atom. The van der Waals surface area contributed by atoms with Crippen LogP contribution in [0.2, 0.25) is 0 Å². The number of hydrogen-bond donors (Lipinski definition) is 3. The quantitative estimate of drug-likeness (QED) is 0.632. The number of aryl methyl sites for hydroxylation is 2. The second kappa shape index (κ2) is 9.00. The topological polar surface area (TPSA) is 73.5 Å². The summed E-state index contributed by atoms with van der Waals surface area (Å²) in [5, 5.41) is 8.88. The summed E-state index contributed by atoms with van der Waals surface area (Å²) in [4.78, 5) is 27.8. The van der Waals surface area contributed by atoms with Crippen LogP contribution in [0, 0.1) is 19.8 Å². The van der Waals surface area contributed by atoms with Gasteiger partial charge in [-0.1, -0.05) is 24.6 Å². The lowest BCUT2D eigenvalue weighted by Gasteiger charge is -2.33. The van der Waals surface area contributed by atoms with Gasteiger partial charge in [-0.3, -0.25) is 4.79 Å². The second-order valence-corrected chi connectivity index (χ2v) is 9.05. The maximum absolute atomic E-state index is 13.0. The molecule has 1 saturated heterocycles. The molecule has 2 fully saturated rings. The van der Waals surface area contributed by atoms with Gasteiger partial charge in [0.05, 0.1) is 5.56 Å². The fourth-order valence-electron chi connectivity index (χ4n) is 4.05. The summed E-state index contributed by atoms with van der Waals surface area (Å²) in [5.74, 6) is 0.657. The molecule has 4 rings (SSSR count). The van der Waals surface area contributed by atoms with E-state index in [9.17, 15) is 9.59 Å². The summed E-state index contributed by atoms with van der Waals surface area (Å²) in [5.41, 5.74) is 5.12. The molecule has 164 valence electrons. The number of urea groups is 1. The van der Waals surface area contributed by atoms with Crippen molar-refractivity contribution in [2.75, 3.05) is 28.6 Å². The van der Waals surface area contributed by atoms with E-state index in [0.29, 0.717) is 11.3 Å². The predicted octanol–water partition coefficient (Wildman–Crippen LogP) is 5.08. The molecule has 3 N–H and O–H groups in total. The average Bonchev–Trinajstić information content (AvgIpc) is 3.55. The molecule has 0 aromatic heterocycles. The van der Waals surface area contributed by atoms with E-state index >= 15 is 0 Å². The van der Waals surface area contributed by atoms with Crippen molar-refractivity contribution in [2.45, 2.75) is 52.5 Å². The maximum Gasteiger partial charge on any atom is 0.323 e. The number of piperidine rings is 1. The van der Waals surface area contributed by atoms with Crippen LogP contribution < -0.4 is 20.9 Å². The highest BCUT2D eigenvalue weighted by Gasteiger charge is 2.27. The Balaban J connectivity index is 1.52.